The van der Waals surface area contributed by atoms with Crippen LogP contribution in [0.2, 0.25) is 0 Å². The van der Waals surface area contributed by atoms with Crippen LogP contribution in [0.15, 0.2) is 41.0 Å². The molecule has 0 unspecified atom stereocenters. The van der Waals surface area contributed by atoms with Crippen LogP contribution in [0.1, 0.15) is 15.9 Å². The third-order valence-corrected chi connectivity index (χ3v) is 3.27. The van der Waals surface area contributed by atoms with Gasteiger partial charge in [0.25, 0.3) is 5.91 Å². The van der Waals surface area contributed by atoms with Crippen molar-refractivity contribution in [3.05, 3.63) is 58.1 Å². The maximum absolute atomic E-state index is 12.6. The number of carbonyl (C=O) groups is 1. The van der Waals surface area contributed by atoms with Crippen LogP contribution in [0.5, 0.6) is 0 Å². The van der Waals surface area contributed by atoms with E-state index in [1.165, 1.54) is 12.3 Å². The number of nitrogens with zero attached hydrogens (tertiary/aromatic N) is 1. The monoisotopic (exact) mass is 308 g/mol. The fourth-order valence-corrected chi connectivity index (χ4v) is 1.76. The Morgan fingerprint density at radius 1 is 1.33 bits per heavy atom. The van der Waals surface area contributed by atoms with E-state index in [-0.39, 0.29) is 5.91 Å². The molecule has 0 fully saturated rings. The van der Waals surface area contributed by atoms with Crippen LogP contribution in [0, 0.1) is 12.9 Å². The number of aryl methyl sites for hydroxylation is 1. The molecule has 1 heterocycles. The van der Waals surface area contributed by atoms with Crippen LogP contribution in [0.4, 0.5) is 10.1 Å². The molecule has 18 heavy (non-hydrogen) atoms. The predicted octanol–water partition coefficient (Wildman–Crippen LogP) is 3.54. The van der Waals surface area contributed by atoms with E-state index in [9.17, 15) is 9.18 Å². The van der Waals surface area contributed by atoms with Crippen molar-refractivity contribution in [1.29, 1.82) is 0 Å². The van der Waals surface area contributed by atoms with Crippen molar-refractivity contribution in [2.24, 2.45) is 0 Å². The zero-order valence-corrected chi connectivity index (χ0v) is 11.2. The average Bonchev–Trinajstić information content (AvgIpc) is 2.34. The molecule has 0 aliphatic heterocycles. The highest BCUT2D eigenvalue weighted by atomic mass is 79.9. The number of rotatable bonds is 2. The number of benzene rings is 1. The van der Waals surface area contributed by atoms with E-state index in [2.05, 4.69) is 26.2 Å². The van der Waals surface area contributed by atoms with E-state index in [4.69, 9.17) is 0 Å². The molecular weight excluding hydrogens is 299 g/mol. The summed E-state index contributed by atoms with van der Waals surface area (Å²) in [5, 5.41) is 2.71. The van der Waals surface area contributed by atoms with Crippen molar-refractivity contribution in [2.75, 3.05) is 5.32 Å². The Morgan fingerprint density at radius 2 is 2.11 bits per heavy atom. The summed E-state index contributed by atoms with van der Waals surface area (Å²) in [6.45, 7) is 1.96. The average molecular weight is 309 g/mol. The molecule has 0 saturated heterocycles. The third-order valence-electron chi connectivity index (χ3n) is 2.42. The van der Waals surface area contributed by atoms with Gasteiger partial charge in [-0.05, 0) is 36.8 Å². The van der Waals surface area contributed by atoms with Crippen molar-refractivity contribution < 1.29 is 9.18 Å². The van der Waals surface area contributed by atoms with E-state index < -0.39 is 5.95 Å². The first-order valence-corrected chi connectivity index (χ1v) is 6.04. The lowest BCUT2D eigenvalue weighted by atomic mass is 10.2. The van der Waals surface area contributed by atoms with Gasteiger partial charge in [0.15, 0.2) is 0 Å². The van der Waals surface area contributed by atoms with Gasteiger partial charge in [0, 0.05) is 16.4 Å². The predicted molar refractivity (Wildman–Crippen MR) is 71.0 cm³/mol. The largest absolute Gasteiger partial charge is 0.322 e. The molecule has 0 spiro atoms. The van der Waals surface area contributed by atoms with Crippen LogP contribution in [-0.2, 0) is 0 Å². The van der Waals surface area contributed by atoms with E-state index >= 15 is 0 Å². The second-order valence-corrected chi connectivity index (χ2v) is 4.64. The molecule has 0 radical (unpaired) electrons. The number of anilines is 1. The molecular formula is C13H10BrFN2O. The van der Waals surface area contributed by atoms with E-state index in [1.54, 1.807) is 6.07 Å². The smallest absolute Gasteiger partial charge is 0.257 e. The highest BCUT2D eigenvalue weighted by molar-refractivity contribution is 9.10. The number of hydrogen-bond acceptors (Lipinski definition) is 2. The summed E-state index contributed by atoms with van der Waals surface area (Å²) in [5.41, 5.74) is 2.06. The Hall–Kier alpha value is -1.75. The molecule has 1 aromatic carbocycles. The van der Waals surface area contributed by atoms with Gasteiger partial charge in [0.05, 0.1) is 5.56 Å². The molecule has 92 valence electrons. The van der Waals surface area contributed by atoms with E-state index in [0.29, 0.717) is 11.3 Å². The van der Waals surface area contributed by atoms with Crippen LogP contribution in [0.25, 0.3) is 0 Å². The first kappa shape index (κ1) is 12.7. The summed E-state index contributed by atoms with van der Waals surface area (Å²) in [5.74, 6) is -0.928. The van der Waals surface area contributed by atoms with Crippen LogP contribution < -0.4 is 5.32 Å². The van der Waals surface area contributed by atoms with Crippen molar-refractivity contribution in [1.82, 2.24) is 4.98 Å². The molecule has 5 heteroatoms. The minimum atomic E-state index is -0.607. The molecule has 0 aliphatic rings. The van der Waals surface area contributed by atoms with Gasteiger partial charge >= 0.3 is 0 Å². The topological polar surface area (TPSA) is 42.0 Å². The lowest BCUT2D eigenvalue weighted by Gasteiger charge is -2.06. The second kappa shape index (κ2) is 5.27. The molecule has 2 aromatic rings. The van der Waals surface area contributed by atoms with Gasteiger partial charge < -0.3 is 5.32 Å². The first-order chi connectivity index (χ1) is 8.56. The van der Waals surface area contributed by atoms with E-state index in [0.717, 1.165) is 16.1 Å². The summed E-state index contributed by atoms with van der Waals surface area (Å²) in [4.78, 5) is 15.3. The van der Waals surface area contributed by atoms with Crippen LogP contribution >= 0.6 is 15.9 Å². The molecule has 0 aliphatic carbocycles. The van der Waals surface area contributed by atoms with Crippen molar-refractivity contribution in [2.45, 2.75) is 6.92 Å². The van der Waals surface area contributed by atoms with Crippen molar-refractivity contribution in [3.8, 4) is 0 Å². The normalized spacial score (nSPS) is 10.2. The molecule has 1 aromatic heterocycles. The summed E-state index contributed by atoms with van der Waals surface area (Å²) in [7, 11) is 0. The Morgan fingerprint density at radius 3 is 2.72 bits per heavy atom. The van der Waals surface area contributed by atoms with Gasteiger partial charge in [-0.25, -0.2) is 4.98 Å². The number of aromatic nitrogens is 1. The number of nitrogens with one attached hydrogen (secondary N) is 1. The number of halogens is 2. The molecule has 1 N–H and O–H groups in total. The Labute approximate surface area is 112 Å². The van der Waals surface area contributed by atoms with Gasteiger partial charge in [-0.2, -0.15) is 4.39 Å². The molecule has 0 atom stereocenters. The zero-order valence-electron chi connectivity index (χ0n) is 9.58. The molecule has 2 rings (SSSR count). The number of amides is 1. The van der Waals surface area contributed by atoms with Gasteiger partial charge in [0.2, 0.25) is 5.95 Å². The zero-order chi connectivity index (χ0) is 13.1. The Kier molecular flexibility index (Phi) is 3.72. The molecule has 0 saturated carbocycles. The van der Waals surface area contributed by atoms with E-state index in [1.807, 2.05) is 19.1 Å². The standard InChI is InChI=1S/C13H10BrFN2O/c1-8-2-4-10(6-11(8)14)17-13(18)9-3-5-12(15)16-7-9/h2-7H,1H3,(H,17,18). The number of carbonyl (C=O) groups excluding carboxylic acids is 1. The summed E-state index contributed by atoms with van der Waals surface area (Å²) in [6.07, 6.45) is 1.20. The van der Waals surface area contributed by atoms with Crippen molar-refractivity contribution in [3.63, 3.8) is 0 Å². The quantitative estimate of drug-likeness (QED) is 0.862. The number of hydrogen-bond donors (Lipinski definition) is 1. The lowest BCUT2D eigenvalue weighted by Crippen LogP contribution is -2.12. The summed E-state index contributed by atoms with van der Waals surface area (Å²) >= 11 is 3.39. The Bertz CT molecular complexity index is 584. The fraction of sp³-hybridized carbons (Fsp3) is 0.0769. The lowest BCUT2D eigenvalue weighted by molar-refractivity contribution is 0.102. The highest BCUT2D eigenvalue weighted by Gasteiger charge is 2.07. The highest BCUT2D eigenvalue weighted by Crippen LogP contribution is 2.21. The van der Waals surface area contributed by atoms with Gasteiger partial charge in [0.1, 0.15) is 0 Å². The second-order valence-electron chi connectivity index (χ2n) is 3.79. The minimum absolute atomic E-state index is 0.313. The van der Waals surface area contributed by atoms with Gasteiger partial charge in [-0.3, -0.25) is 4.79 Å². The fourth-order valence-electron chi connectivity index (χ4n) is 1.38. The molecule has 1 amide bonds. The Balaban J connectivity index is 2.16. The summed E-state index contributed by atoms with van der Waals surface area (Å²) < 4.78 is 13.5. The van der Waals surface area contributed by atoms with Crippen LogP contribution in [0.3, 0.4) is 0 Å². The van der Waals surface area contributed by atoms with Crippen molar-refractivity contribution >= 4 is 27.5 Å². The SMILES string of the molecule is Cc1ccc(NC(=O)c2ccc(F)nc2)cc1Br. The molecule has 0 bridgehead atoms. The summed E-state index contributed by atoms with van der Waals surface area (Å²) in [6, 6.07) is 8.04. The minimum Gasteiger partial charge on any atom is -0.322 e. The third kappa shape index (κ3) is 2.92. The van der Waals surface area contributed by atoms with Gasteiger partial charge in [-0.15, -0.1) is 0 Å². The first-order valence-electron chi connectivity index (χ1n) is 5.25. The number of pyridine rings is 1. The van der Waals surface area contributed by atoms with Crippen LogP contribution in [-0.4, -0.2) is 10.9 Å². The maximum Gasteiger partial charge on any atom is 0.257 e. The molecule has 3 nitrogen and oxygen atoms in total. The van der Waals surface area contributed by atoms with Gasteiger partial charge in [-0.1, -0.05) is 22.0 Å². The maximum atomic E-state index is 12.6.